The first-order valence-electron chi connectivity index (χ1n) is 11.1. The Labute approximate surface area is 197 Å². The van der Waals surface area contributed by atoms with Gasteiger partial charge in [-0.1, -0.05) is 84.9 Å². The minimum Gasteiger partial charge on any atom is -0.351 e. The number of hydrogen-bond donors (Lipinski definition) is 1. The summed E-state index contributed by atoms with van der Waals surface area (Å²) in [6.45, 7) is 5.07. The van der Waals surface area contributed by atoms with Gasteiger partial charge in [-0.25, -0.2) is 4.98 Å². The second kappa shape index (κ2) is 10.5. The molecular weight excluding hydrogens is 430 g/mol. The SMILES string of the molecule is CCc1ccc(CNC(=O)CSc2nc3ccccc3n(Cc3ccc(C)cc3)c2=O)cc1. The van der Waals surface area contributed by atoms with E-state index in [0.29, 0.717) is 18.1 Å². The maximum atomic E-state index is 13.3. The summed E-state index contributed by atoms with van der Waals surface area (Å²) in [6.07, 6.45) is 0.990. The van der Waals surface area contributed by atoms with Gasteiger partial charge in [0.2, 0.25) is 5.91 Å². The quantitative estimate of drug-likeness (QED) is 0.389. The molecule has 33 heavy (non-hydrogen) atoms. The fourth-order valence-electron chi connectivity index (χ4n) is 3.57. The number of hydrogen-bond acceptors (Lipinski definition) is 4. The number of aryl methyl sites for hydroxylation is 2. The van der Waals surface area contributed by atoms with E-state index in [1.165, 1.54) is 22.9 Å². The molecule has 1 heterocycles. The van der Waals surface area contributed by atoms with Crippen molar-refractivity contribution in [3.8, 4) is 0 Å². The molecule has 1 amide bonds. The summed E-state index contributed by atoms with van der Waals surface area (Å²) in [7, 11) is 0. The van der Waals surface area contributed by atoms with Gasteiger partial charge in [0, 0.05) is 6.54 Å². The first-order chi connectivity index (χ1) is 16.0. The number of amides is 1. The normalized spacial score (nSPS) is 11.0. The maximum Gasteiger partial charge on any atom is 0.283 e. The van der Waals surface area contributed by atoms with E-state index in [4.69, 9.17) is 0 Å². The third-order valence-electron chi connectivity index (χ3n) is 5.54. The fraction of sp³-hybridized carbons (Fsp3) is 0.222. The highest BCUT2D eigenvalue weighted by Crippen LogP contribution is 2.18. The van der Waals surface area contributed by atoms with E-state index in [9.17, 15) is 9.59 Å². The lowest BCUT2D eigenvalue weighted by molar-refractivity contribution is -0.118. The Kier molecular flexibility index (Phi) is 7.25. The number of nitrogens with zero attached hydrogens (tertiary/aromatic N) is 2. The lowest BCUT2D eigenvalue weighted by Crippen LogP contribution is -2.27. The number of benzene rings is 3. The van der Waals surface area contributed by atoms with Gasteiger partial charge >= 0.3 is 0 Å². The van der Waals surface area contributed by atoms with Gasteiger partial charge in [0.05, 0.1) is 23.3 Å². The lowest BCUT2D eigenvalue weighted by atomic mass is 10.1. The third-order valence-corrected chi connectivity index (χ3v) is 6.49. The number of para-hydroxylation sites is 2. The van der Waals surface area contributed by atoms with Crippen LogP contribution in [-0.2, 0) is 24.3 Å². The van der Waals surface area contributed by atoms with E-state index < -0.39 is 0 Å². The van der Waals surface area contributed by atoms with Crippen LogP contribution < -0.4 is 10.9 Å². The van der Waals surface area contributed by atoms with E-state index in [0.717, 1.165) is 28.6 Å². The smallest absolute Gasteiger partial charge is 0.283 e. The van der Waals surface area contributed by atoms with Crippen molar-refractivity contribution in [1.29, 1.82) is 0 Å². The number of carbonyl (C=O) groups excluding carboxylic acids is 1. The molecule has 0 bridgehead atoms. The zero-order valence-corrected chi connectivity index (χ0v) is 19.7. The average molecular weight is 458 g/mol. The molecule has 0 aliphatic heterocycles. The molecule has 3 aromatic carbocycles. The van der Waals surface area contributed by atoms with Crippen LogP contribution in [0.5, 0.6) is 0 Å². The van der Waals surface area contributed by atoms with Crippen molar-refractivity contribution in [2.24, 2.45) is 0 Å². The second-order valence-corrected chi connectivity index (χ2v) is 8.98. The van der Waals surface area contributed by atoms with Crippen LogP contribution >= 0.6 is 11.8 Å². The van der Waals surface area contributed by atoms with Crippen molar-refractivity contribution in [1.82, 2.24) is 14.9 Å². The van der Waals surface area contributed by atoms with Gasteiger partial charge in [-0.2, -0.15) is 0 Å². The first-order valence-corrected chi connectivity index (χ1v) is 12.0. The van der Waals surface area contributed by atoms with Crippen LogP contribution in [0, 0.1) is 6.92 Å². The summed E-state index contributed by atoms with van der Waals surface area (Å²) in [5, 5.41) is 3.26. The van der Waals surface area contributed by atoms with Crippen molar-refractivity contribution in [2.75, 3.05) is 5.75 Å². The Morgan fingerprint density at radius 3 is 2.33 bits per heavy atom. The van der Waals surface area contributed by atoms with Gasteiger partial charge in [-0.15, -0.1) is 0 Å². The molecule has 5 nitrogen and oxygen atoms in total. The Morgan fingerprint density at radius 2 is 1.61 bits per heavy atom. The van der Waals surface area contributed by atoms with Gasteiger partial charge in [0.15, 0.2) is 5.03 Å². The molecule has 1 aromatic heterocycles. The molecule has 0 spiro atoms. The van der Waals surface area contributed by atoms with Gasteiger partial charge in [-0.05, 0) is 42.2 Å². The van der Waals surface area contributed by atoms with Crippen LogP contribution in [0.4, 0.5) is 0 Å². The number of carbonyl (C=O) groups is 1. The molecular formula is C27H27N3O2S. The summed E-state index contributed by atoms with van der Waals surface area (Å²) in [5.41, 5.74) is 5.88. The molecule has 0 aliphatic carbocycles. The summed E-state index contributed by atoms with van der Waals surface area (Å²) in [4.78, 5) is 30.2. The fourth-order valence-corrected chi connectivity index (χ4v) is 4.34. The van der Waals surface area contributed by atoms with Crippen molar-refractivity contribution >= 4 is 28.7 Å². The Hall–Kier alpha value is -3.38. The van der Waals surface area contributed by atoms with E-state index >= 15 is 0 Å². The Morgan fingerprint density at radius 1 is 0.939 bits per heavy atom. The van der Waals surface area contributed by atoms with Gasteiger partial charge in [0.1, 0.15) is 0 Å². The molecule has 0 atom stereocenters. The van der Waals surface area contributed by atoms with Crippen LogP contribution in [0.2, 0.25) is 0 Å². The molecule has 0 saturated heterocycles. The Bertz CT molecular complexity index is 1310. The lowest BCUT2D eigenvalue weighted by Gasteiger charge is -2.12. The monoisotopic (exact) mass is 457 g/mol. The van der Waals surface area contributed by atoms with Gasteiger partial charge < -0.3 is 5.32 Å². The largest absolute Gasteiger partial charge is 0.351 e. The predicted molar refractivity (Wildman–Crippen MR) is 135 cm³/mol. The molecule has 0 fully saturated rings. The standard InChI is InChI=1S/C27H27N3O2S/c1-3-20-12-14-21(15-13-20)16-28-25(31)18-33-26-27(32)30(17-22-10-8-19(2)9-11-22)24-7-5-4-6-23(24)29-26/h4-15H,3,16-18H2,1-2H3,(H,28,31). The summed E-state index contributed by atoms with van der Waals surface area (Å²) >= 11 is 1.18. The minimum atomic E-state index is -0.178. The molecule has 168 valence electrons. The van der Waals surface area contributed by atoms with Gasteiger partial charge in [0.25, 0.3) is 5.56 Å². The molecule has 0 aliphatic rings. The van der Waals surface area contributed by atoms with Crippen molar-refractivity contribution in [3.63, 3.8) is 0 Å². The third kappa shape index (κ3) is 5.71. The second-order valence-electron chi connectivity index (χ2n) is 8.02. The molecule has 1 N–H and O–H groups in total. The zero-order chi connectivity index (χ0) is 23.2. The van der Waals surface area contributed by atoms with Crippen molar-refractivity contribution in [2.45, 2.75) is 38.4 Å². The zero-order valence-electron chi connectivity index (χ0n) is 18.9. The first kappa shape index (κ1) is 22.8. The molecule has 0 radical (unpaired) electrons. The van der Waals surface area contributed by atoms with E-state index in [1.807, 2.05) is 67.6 Å². The maximum absolute atomic E-state index is 13.3. The molecule has 4 rings (SSSR count). The van der Waals surface area contributed by atoms with Gasteiger partial charge in [-0.3, -0.25) is 14.2 Å². The number of fused-ring (bicyclic) bond motifs is 1. The number of aromatic nitrogens is 2. The van der Waals surface area contributed by atoms with Crippen LogP contribution in [0.3, 0.4) is 0 Å². The molecule has 4 aromatic rings. The highest BCUT2D eigenvalue weighted by molar-refractivity contribution is 7.99. The topological polar surface area (TPSA) is 64.0 Å². The molecule has 0 saturated carbocycles. The molecule has 0 unspecified atom stereocenters. The molecule has 6 heteroatoms. The van der Waals surface area contributed by atoms with Crippen LogP contribution in [0.1, 0.15) is 29.2 Å². The van der Waals surface area contributed by atoms with Crippen molar-refractivity contribution < 1.29 is 4.79 Å². The number of rotatable bonds is 8. The highest BCUT2D eigenvalue weighted by Gasteiger charge is 2.13. The van der Waals surface area contributed by atoms with E-state index in [1.54, 1.807) is 4.57 Å². The minimum absolute atomic E-state index is 0.126. The van der Waals surface area contributed by atoms with Crippen molar-refractivity contribution in [3.05, 3.63) is 105 Å². The van der Waals surface area contributed by atoms with Crippen LogP contribution in [0.25, 0.3) is 11.0 Å². The van der Waals surface area contributed by atoms with Crippen LogP contribution in [0.15, 0.2) is 82.6 Å². The summed E-state index contributed by atoms with van der Waals surface area (Å²) in [6, 6.07) is 24.0. The van der Waals surface area contributed by atoms with E-state index in [-0.39, 0.29) is 17.2 Å². The average Bonchev–Trinajstić information content (AvgIpc) is 2.85. The van der Waals surface area contributed by atoms with E-state index in [2.05, 4.69) is 29.4 Å². The summed E-state index contributed by atoms with van der Waals surface area (Å²) in [5.74, 6) is 0.0111. The van der Waals surface area contributed by atoms with Crippen LogP contribution in [-0.4, -0.2) is 21.2 Å². The predicted octanol–water partition coefficient (Wildman–Crippen LogP) is 4.72. The number of nitrogens with one attached hydrogen (secondary N) is 1. The highest BCUT2D eigenvalue weighted by atomic mass is 32.2. The Balaban J connectivity index is 1.49. The number of thioether (sulfide) groups is 1. The summed E-state index contributed by atoms with van der Waals surface area (Å²) < 4.78 is 1.74.